The van der Waals surface area contributed by atoms with Gasteiger partial charge in [-0.05, 0) is 50.2 Å². The van der Waals surface area contributed by atoms with E-state index in [-0.39, 0.29) is 30.5 Å². The molecule has 162 valence electrons. The Labute approximate surface area is 173 Å². The molecule has 29 heavy (non-hydrogen) atoms. The van der Waals surface area contributed by atoms with Gasteiger partial charge in [-0.2, -0.15) is 0 Å². The highest BCUT2D eigenvalue weighted by Crippen LogP contribution is 2.36. The lowest BCUT2D eigenvalue weighted by atomic mass is 9.85. The molecule has 1 aromatic carbocycles. The van der Waals surface area contributed by atoms with Crippen LogP contribution in [0.3, 0.4) is 0 Å². The van der Waals surface area contributed by atoms with Crippen molar-refractivity contribution in [3.05, 3.63) is 29.8 Å². The van der Waals surface area contributed by atoms with E-state index in [9.17, 15) is 19.8 Å². The van der Waals surface area contributed by atoms with Gasteiger partial charge in [-0.3, -0.25) is 9.59 Å². The van der Waals surface area contributed by atoms with Gasteiger partial charge in [0.15, 0.2) is 0 Å². The van der Waals surface area contributed by atoms with Crippen LogP contribution in [0.1, 0.15) is 63.4 Å². The van der Waals surface area contributed by atoms with Crippen LogP contribution in [0.25, 0.3) is 0 Å². The number of ketones is 1. The number of hydrogen-bond acceptors (Lipinski definition) is 5. The second-order valence-corrected chi connectivity index (χ2v) is 8.28. The van der Waals surface area contributed by atoms with Gasteiger partial charge in [-0.25, -0.2) is 0 Å². The molecule has 2 rings (SSSR count). The zero-order valence-electron chi connectivity index (χ0n) is 17.3. The number of rotatable bonds is 13. The van der Waals surface area contributed by atoms with Crippen molar-refractivity contribution in [1.29, 1.82) is 0 Å². The topological polar surface area (TPSA) is 107 Å². The monoisotopic (exact) mass is 405 g/mol. The lowest BCUT2D eigenvalue weighted by Gasteiger charge is -2.23. The number of nitrogens with one attached hydrogen (secondary N) is 1. The quantitative estimate of drug-likeness (QED) is 0.374. The number of unbranched alkanes of at least 4 members (excludes halogenated alkanes) is 3. The molecule has 0 bridgehead atoms. The summed E-state index contributed by atoms with van der Waals surface area (Å²) in [4.78, 5) is 22.8. The van der Waals surface area contributed by atoms with Crippen LogP contribution in [-0.2, 0) is 9.59 Å². The minimum atomic E-state index is -0.769. The Morgan fingerprint density at radius 2 is 1.90 bits per heavy atom. The van der Waals surface area contributed by atoms with Gasteiger partial charge in [0.05, 0.1) is 12.2 Å². The van der Waals surface area contributed by atoms with Crippen molar-refractivity contribution >= 4 is 17.4 Å². The molecule has 3 unspecified atom stereocenters. The number of benzene rings is 1. The molecule has 0 amide bonds. The average molecular weight is 406 g/mol. The Morgan fingerprint density at radius 1 is 1.17 bits per heavy atom. The highest BCUT2D eigenvalue weighted by atomic mass is 16.4. The van der Waals surface area contributed by atoms with Gasteiger partial charge in [0.25, 0.3) is 0 Å². The number of carboxylic acids is 1. The second kappa shape index (κ2) is 11.9. The summed E-state index contributed by atoms with van der Waals surface area (Å²) in [6, 6.07) is 7.92. The number of carbonyl (C=O) groups is 2. The van der Waals surface area contributed by atoms with Crippen molar-refractivity contribution in [3.8, 4) is 0 Å². The van der Waals surface area contributed by atoms with Crippen LogP contribution in [0.2, 0.25) is 0 Å². The Kier molecular flexibility index (Phi) is 9.61. The predicted octanol–water partition coefficient (Wildman–Crippen LogP) is 3.54. The fourth-order valence-corrected chi connectivity index (χ4v) is 4.26. The summed E-state index contributed by atoms with van der Waals surface area (Å²) in [5, 5.41) is 32.6. The van der Waals surface area contributed by atoms with Gasteiger partial charge in [0.1, 0.15) is 5.78 Å². The van der Waals surface area contributed by atoms with E-state index in [2.05, 4.69) is 5.32 Å². The zero-order chi connectivity index (χ0) is 21.2. The van der Waals surface area contributed by atoms with E-state index in [4.69, 9.17) is 5.11 Å². The van der Waals surface area contributed by atoms with E-state index in [0.717, 1.165) is 36.9 Å². The fourth-order valence-electron chi connectivity index (χ4n) is 4.26. The number of para-hydroxylation sites is 1. The Hall–Kier alpha value is -1.92. The summed E-state index contributed by atoms with van der Waals surface area (Å²) < 4.78 is 0. The molecule has 0 spiro atoms. The number of aryl methyl sites for hydroxylation is 1. The summed E-state index contributed by atoms with van der Waals surface area (Å²) in [6.45, 7) is 2.46. The molecular weight excluding hydrogens is 370 g/mol. The molecule has 0 aromatic heterocycles. The van der Waals surface area contributed by atoms with Crippen LogP contribution < -0.4 is 5.32 Å². The summed E-state index contributed by atoms with van der Waals surface area (Å²) in [5.74, 6) is -0.870. The third kappa shape index (κ3) is 7.78. The van der Waals surface area contributed by atoms with Gasteiger partial charge in [-0.1, -0.05) is 37.5 Å². The van der Waals surface area contributed by atoms with Crippen molar-refractivity contribution in [2.75, 3.05) is 11.9 Å². The van der Waals surface area contributed by atoms with E-state index >= 15 is 0 Å². The molecular formula is C23H35NO5. The van der Waals surface area contributed by atoms with Crippen LogP contribution in [0.5, 0.6) is 0 Å². The van der Waals surface area contributed by atoms with E-state index < -0.39 is 18.2 Å². The normalized spacial score (nSPS) is 22.6. The first-order chi connectivity index (χ1) is 13.9. The Balaban J connectivity index is 1.72. The van der Waals surface area contributed by atoms with Crippen molar-refractivity contribution in [1.82, 2.24) is 0 Å². The van der Waals surface area contributed by atoms with E-state index in [0.29, 0.717) is 25.8 Å². The number of aliphatic hydroxyl groups excluding tert-OH is 2. The number of hydrogen-bond donors (Lipinski definition) is 4. The van der Waals surface area contributed by atoms with Crippen LogP contribution in [0.15, 0.2) is 24.3 Å². The number of aliphatic hydroxyl groups is 2. The molecule has 1 aromatic rings. The van der Waals surface area contributed by atoms with Crippen LogP contribution in [0.4, 0.5) is 5.69 Å². The maximum absolute atomic E-state index is 12.3. The predicted molar refractivity (Wildman–Crippen MR) is 113 cm³/mol. The molecule has 4 atom stereocenters. The van der Waals surface area contributed by atoms with Gasteiger partial charge < -0.3 is 20.6 Å². The summed E-state index contributed by atoms with van der Waals surface area (Å²) in [5.41, 5.74) is 2.13. The molecule has 0 aliphatic heterocycles. The molecule has 1 aliphatic rings. The number of carboxylic acid groups (broad SMARTS) is 1. The fraction of sp³-hybridized carbons (Fsp3) is 0.652. The Bertz CT molecular complexity index is 662. The third-order valence-corrected chi connectivity index (χ3v) is 6.00. The maximum Gasteiger partial charge on any atom is 0.303 e. The van der Waals surface area contributed by atoms with E-state index in [1.165, 1.54) is 0 Å². The van der Waals surface area contributed by atoms with Crippen molar-refractivity contribution in [2.45, 2.75) is 76.9 Å². The zero-order valence-corrected chi connectivity index (χ0v) is 17.3. The van der Waals surface area contributed by atoms with Crippen molar-refractivity contribution < 1.29 is 24.9 Å². The maximum atomic E-state index is 12.3. The molecule has 6 nitrogen and oxygen atoms in total. The number of aliphatic carboxylic acids is 1. The summed E-state index contributed by atoms with van der Waals surface area (Å²) >= 11 is 0. The average Bonchev–Trinajstić information content (AvgIpc) is 2.94. The number of anilines is 1. The molecule has 1 aliphatic carbocycles. The lowest BCUT2D eigenvalue weighted by molar-refractivity contribution is -0.137. The minimum absolute atomic E-state index is 0.0883. The highest BCUT2D eigenvalue weighted by Gasteiger charge is 2.40. The molecule has 4 N–H and O–H groups in total. The van der Waals surface area contributed by atoms with Gasteiger partial charge >= 0.3 is 5.97 Å². The molecule has 0 saturated heterocycles. The largest absolute Gasteiger partial charge is 0.481 e. The highest BCUT2D eigenvalue weighted by molar-refractivity contribution is 5.84. The summed E-state index contributed by atoms with van der Waals surface area (Å²) in [6.07, 6.45) is 4.47. The SMILES string of the molecule is Cc1ccccc1NCC(O)CC[C@H]1C(O)CC(=O)C1CCCCCCC(=O)O. The molecule has 6 heteroatoms. The molecule has 0 heterocycles. The lowest BCUT2D eigenvalue weighted by Crippen LogP contribution is -2.25. The first kappa shape index (κ1) is 23.4. The first-order valence-corrected chi connectivity index (χ1v) is 10.8. The van der Waals surface area contributed by atoms with E-state index in [1.807, 2.05) is 31.2 Å². The Morgan fingerprint density at radius 3 is 2.62 bits per heavy atom. The van der Waals surface area contributed by atoms with Gasteiger partial charge in [0.2, 0.25) is 0 Å². The van der Waals surface area contributed by atoms with Crippen molar-refractivity contribution in [3.63, 3.8) is 0 Å². The van der Waals surface area contributed by atoms with Gasteiger partial charge in [0, 0.05) is 31.0 Å². The minimum Gasteiger partial charge on any atom is -0.481 e. The molecule has 1 saturated carbocycles. The second-order valence-electron chi connectivity index (χ2n) is 8.28. The number of carbonyl (C=O) groups excluding carboxylic acids is 1. The van der Waals surface area contributed by atoms with Crippen LogP contribution >= 0.6 is 0 Å². The molecule has 0 radical (unpaired) electrons. The van der Waals surface area contributed by atoms with E-state index in [1.54, 1.807) is 0 Å². The summed E-state index contributed by atoms with van der Waals surface area (Å²) in [7, 11) is 0. The van der Waals surface area contributed by atoms with Crippen molar-refractivity contribution in [2.24, 2.45) is 11.8 Å². The first-order valence-electron chi connectivity index (χ1n) is 10.8. The number of Topliss-reactive ketones (excluding diaryl/α,β-unsaturated/α-hetero) is 1. The third-order valence-electron chi connectivity index (χ3n) is 6.00. The standard InChI is InChI=1S/C23H35NO5/c1-16-8-6-7-10-20(16)24-15-17(25)12-13-19-18(21(26)14-22(19)27)9-4-2-3-5-11-23(28)29/h6-8,10,17-19,22,24-25,27H,2-5,9,11-15H2,1H3,(H,28,29)/t17?,18?,19-,22?/m1/s1. The smallest absolute Gasteiger partial charge is 0.303 e. The van der Waals surface area contributed by atoms with Gasteiger partial charge in [-0.15, -0.1) is 0 Å². The van der Waals surface area contributed by atoms with Crippen LogP contribution in [0, 0.1) is 18.8 Å². The molecule has 1 fully saturated rings. The van der Waals surface area contributed by atoms with Crippen LogP contribution in [-0.4, -0.2) is 45.8 Å².